The summed E-state index contributed by atoms with van der Waals surface area (Å²) in [5.74, 6) is 0.140. The van der Waals surface area contributed by atoms with E-state index < -0.39 is 17.7 Å². The van der Waals surface area contributed by atoms with Crippen LogP contribution in [0.2, 0.25) is 0 Å². The molecule has 1 atom stereocenters. The monoisotopic (exact) mass is 614 g/mol. The quantitative estimate of drug-likeness (QED) is 0.109. The van der Waals surface area contributed by atoms with Crippen LogP contribution in [-0.2, 0) is 20.9 Å². The third-order valence-corrected chi connectivity index (χ3v) is 8.15. The summed E-state index contributed by atoms with van der Waals surface area (Å²) in [5.41, 5.74) is 2.16. The Balaban J connectivity index is 1.43. The second-order valence-electron chi connectivity index (χ2n) is 11.2. The van der Waals surface area contributed by atoms with Gasteiger partial charge in [-0.05, 0) is 60.4 Å². The molecule has 9 heteroatoms. The summed E-state index contributed by atoms with van der Waals surface area (Å²) in [6.07, 6.45) is 2.58. The molecule has 0 aromatic heterocycles. The molecule has 0 radical (unpaired) electrons. The van der Waals surface area contributed by atoms with Gasteiger partial charge in [0.05, 0.1) is 38.5 Å². The van der Waals surface area contributed by atoms with Gasteiger partial charge in [0.25, 0.3) is 11.7 Å². The molecule has 0 aliphatic carbocycles. The molecule has 2 heterocycles. The number of carbonyl (C=O) groups excluding carboxylic acids is 2. The fourth-order valence-corrected chi connectivity index (χ4v) is 5.65. The zero-order valence-electron chi connectivity index (χ0n) is 26.1. The van der Waals surface area contributed by atoms with Gasteiger partial charge in [-0.25, -0.2) is 0 Å². The van der Waals surface area contributed by atoms with Crippen molar-refractivity contribution in [1.29, 1.82) is 0 Å². The number of likely N-dealkylation sites (tertiary alicyclic amines) is 1. The van der Waals surface area contributed by atoms with Gasteiger partial charge in [0, 0.05) is 31.7 Å². The molecule has 0 spiro atoms. The van der Waals surface area contributed by atoms with Gasteiger partial charge in [0.2, 0.25) is 0 Å². The number of ether oxygens (including phenoxy) is 4. The number of methoxy groups -OCH3 is 1. The molecule has 2 saturated heterocycles. The highest BCUT2D eigenvalue weighted by atomic mass is 16.5. The number of unbranched alkanes of at least 4 members (excludes halogenated alkanes) is 1. The number of morpholine rings is 1. The molecular formula is C36H42N2O7. The number of rotatable bonds is 14. The number of aliphatic hydroxyl groups is 1. The average molecular weight is 615 g/mol. The van der Waals surface area contributed by atoms with E-state index in [0.29, 0.717) is 67.8 Å². The predicted octanol–water partition coefficient (Wildman–Crippen LogP) is 5.60. The van der Waals surface area contributed by atoms with Crippen molar-refractivity contribution in [2.24, 2.45) is 0 Å². The molecule has 5 rings (SSSR count). The molecule has 45 heavy (non-hydrogen) atoms. The van der Waals surface area contributed by atoms with Crippen molar-refractivity contribution in [2.45, 2.75) is 38.8 Å². The van der Waals surface area contributed by atoms with E-state index in [0.717, 1.165) is 38.0 Å². The number of aliphatic hydroxyl groups excluding tert-OH is 1. The van der Waals surface area contributed by atoms with Gasteiger partial charge in [-0.1, -0.05) is 49.7 Å². The number of Topliss-reactive ketones (excluding diaryl/α,β-unsaturated/α-hetero) is 1. The molecular weight excluding hydrogens is 572 g/mol. The lowest BCUT2D eigenvalue weighted by atomic mass is 9.95. The van der Waals surface area contributed by atoms with E-state index in [-0.39, 0.29) is 11.3 Å². The fraction of sp³-hybridized carbons (Fsp3) is 0.389. The molecule has 3 aromatic rings. The van der Waals surface area contributed by atoms with E-state index in [2.05, 4.69) is 11.8 Å². The van der Waals surface area contributed by atoms with E-state index in [1.54, 1.807) is 48.4 Å². The molecule has 1 unspecified atom stereocenters. The largest absolute Gasteiger partial charge is 0.507 e. The predicted molar refractivity (Wildman–Crippen MR) is 171 cm³/mol. The number of benzene rings is 3. The van der Waals surface area contributed by atoms with Gasteiger partial charge in [0.1, 0.15) is 18.1 Å². The Hall–Kier alpha value is -4.34. The Morgan fingerprint density at radius 3 is 2.38 bits per heavy atom. The van der Waals surface area contributed by atoms with E-state index in [1.165, 1.54) is 0 Å². The number of nitrogens with zero attached hydrogens (tertiary/aromatic N) is 2. The van der Waals surface area contributed by atoms with Crippen LogP contribution in [0.1, 0.15) is 48.9 Å². The highest BCUT2D eigenvalue weighted by Gasteiger charge is 2.46. The molecule has 1 N–H and O–H groups in total. The number of hydrogen-bond donors (Lipinski definition) is 1. The zero-order chi connectivity index (χ0) is 31.6. The fourth-order valence-electron chi connectivity index (χ4n) is 5.65. The van der Waals surface area contributed by atoms with Crippen LogP contribution in [0, 0.1) is 0 Å². The van der Waals surface area contributed by atoms with Crippen LogP contribution < -0.4 is 14.2 Å². The Morgan fingerprint density at radius 1 is 0.911 bits per heavy atom. The lowest BCUT2D eigenvalue weighted by molar-refractivity contribution is -0.140. The summed E-state index contributed by atoms with van der Waals surface area (Å²) in [5, 5.41) is 11.6. The summed E-state index contributed by atoms with van der Waals surface area (Å²) in [6.45, 7) is 7.23. The van der Waals surface area contributed by atoms with Gasteiger partial charge in [-0.15, -0.1) is 0 Å². The van der Waals surface area contributed by atoms with Crippen LogP contribution in [0.15, 0.2) is 78.4 Å². The molecule has 0 saturated carbocycles. The maximum absolute atomic E-state index is 13.6. The number of ketones is 1. The first kappa shape index (κ1) is 32.1. The van der Waals surface area contributed by atoms with Gasteiger partial charge in [-0.2, -0.15) is 0 Å². The van der Waals surface area contributed by atoms with Gasteiger partial charge < -0.3 is 29.0 Å². The maximum Gasteiger partial charge on any atom is 0.295 e. The van der Waals surface area contributed by atoms with E-state index in [4.69, 9.17) is 18.9 Å². The smallest absolute Gasteiger partial charge is 0.295 e. The van der Waals surface area contributed by atoms with Gasteiger partial charge >= 0.3 is 0 Å². The maximum atomic E-state index is 13.6. The normalized spacial score (nSPS) is 18.3. The second kappa shape index (κ2) is 15.6. The lowest BCUT2D eigenvalue weighted by Gasteiger charge is -2.29. The average Bonchev–Trinajstić information content (AvgIpc) is 3.33. The minimum Gasteiger partial charge on any atom is -0.507 e. The summed E-state index contributed by atoms with van der Waals surface area (Å²) >= 11 is 0. The molecule has 9 nitrogen and oxygen atoms in total. The highest BCUT2D eigenvalue weighted by Crippen LogP contribution is 2.42. The standard InChI is InChI=1S/C36H42N2O7/c1-3-4-21-44-30-16-13-28(24-31(30)42-2)33-32(35(40)36(41)38(33)18-8-17-37-19-22-43-23-20-37)34(39)27-11-14-29(15-12-27)45-25-26-9-6-5-7-10-26/h5-7,9-16,24,33,39H,3-4,8,17-23,25H2,1-2H3/b34-32+. The minimum absolute atomic E-state index is 0.0473. The third kappa shape index (κ3) is 7.85. The van der Waals surface area contributed by atoms with Crippen LogP contribution in [0.5, 0.6) is 17.2 Å². The molecule has 2 aliphatic heterocycles. The molecule has 2 fully saturated rings. The Labute approximate surface area is 265 Å². The van der Waals surface area contributed by atoms with Crippen molar-refractivity contribution in [3.8, 4) is 17.2 Å². The van der Waals surface area contributed by atoms with Crippen molar-refractivity contribution in [2.75, 3.05) is 53.1 Å². The Morgan fingerprint density at radius 2 is 1.67 bits per heavy atom. The molecule has 0 bridgehead atoms. The highest BCUT2D eigenvalue weighted by molar-refractivity contribution is 6.46. The van der Waals surface area contributed by atoms with Gasteiger partial charge in [0.15, 0.2) is 11.5 Å². The third-order valence-electron chi connectivity index (χ3n) is 8.15. The lowest BCUT2D eigenvalue weighted by Crippen LogP contribution is -2.39. The summed E-state index contributed by atoms with van der Waals surface area (Å²) in [7, 11) is 1.56. The number of amides is 1. The summed E-state index contributed by atoms with van der Waals surface area (Å²) in [6, 6.07) is 21.4. The van der Waals surface area contributed by atoms with Crippen LogP contribution in [0.3, 0.4) is 0 Å². The minimum atomic E-state index is -0.790. The van der Waals surface area contributed by atoms with Crippen molar-refractivity contribution >= 4 is 17.4 Å². The molecule has 2 aliphatic rings. The van der Waals surface area contributed by atoms with E-state index in [1.807, 2.05) is 36.4 Å². The summed E-state index contributed by atoms with van der Waals surface area (Å²) in [4.78, 5) is 31.0. The second-order valence-corrected chi connectivity index (χ2v) is 11.2. The summed E-state index contributed by atoms with van der Waals surface area (Å²) < 4.78 is 22.9. The zero-order valence-corrected chi connectivity index (χ0v) is 26.1. The van der Waals surface area contributed by atoms with E-state index >= 15 is 0 Å². The number of hydrogen-bond acceptors (Lipinski definition) is 8. The first-order valence-electron chi connectivity index (χ1n) is 15.7. The van der Waals surface area contributed by atoms with Gasteiger partial charge in [-0.3, -0.25) is 14.5 Å². The van der Waals surface area contributed by atoms with E-state index in [9.17, 15) is 14.7 Å². The Bertz CT molecular complexity index is 1470. The molecule has 1 amide bonds. The van der Waals surface area contributed by atoms with Crippen molar-refractivity contribution in [3.63, 3.8) is 0 Å². The van der Waals surface area contributed by atoms with Crippen LogP contribution in [0.4, 0.5) is 0 Å². The van der Waals surface area contributed by atoms with Crippen LogP contribution >= 0.6 is 0 Å². The SMILES string of the molecule is CCCCOc1ccc(C2/C(=C(\O)c3ccc(OCc4ccccc4)cc3)C(=O)C(=O)N2CCCN2CCOCC2)cc1OC. The van der Waals surface area contributed by atoms with Crippen LogP contribution in [0.25, 0.3) is 5.76 Å². The Kier molecular flexibility index (Phi) is 11.1. The first-order chi connectivity index (χ1) is 22.0. The van der Waals surface area contributed by atoms with Crippen molar-refractivity contribution in [1.82, 2.24) is 9.80 Å². The molecule has 3 aromatic carbocycles. The molecule has 238 valence electrons. The van der Waals surface area contributed by atoms with Crippen molar-refractivity contribution in [3.05, 3.63) is 95.1 Å². The number of carbonyl (C=O) groups is 2. The topological polar surface area (TPSA) is 97.8 Å². The first-order valence-corrected chi connectivity index (χ1v) is 15.7. The van der Waals surface area contributed by atoms with Crippen LogP contribution in [-0.4, -0.2) is 79.7 Å². The van der Waals surface area contributed by atoms with Crippen molar-refractivity contribution < 1.29 is 33.6 Å².